The van der Waals surface area contributed by atoms with E-state index in [1.807, 2.05) is 25.1 Å². The zero-order valence-corrected chi connectivity index (χ0v) is 14.1. The number of urea groups is 1. The lowest BCUT2D eigenvalue weighted by Gasteiger charge is -2.33. The van der Waals surface area contributed by atoms with Gasteiger partial charge in [0.05, 0.1) is 0 Å². The van der Waals surface area contributed by atoms with Gasteiger partial charge in [0.25, 0.3) is 0 Å². The fourth-order valence-corrected chi connectivity index (χ4v) is 2.90. The normalized spacial score (nSPS) is 17.4. The fraction of sp³-hybridized carbons (Fsp3) is 0.389. The zero-order valence-electron chi connectivity index (χ0n) is 14.1. The Hall–Kier alpha value is -2.63. The van der Waals surface area contributed by atoms with E-state index in [2.05, 4.69) is 32.4 Å². The molecule has 1 atom stereocenters. The van der Waals surface area contributed by atoms with E-state index in [9.17, 15) is 4.79 Å². The van der Waals surface area contributed by atoms with Crippen LogP contribution in [0.1, 0.15) is 24.0 Å². The van der Waals surface area contributed by atoms with Crippen LogP contribution in [0.5, 0.6) is 0 Å². The lowest BCUT2D eigenvalue weighted by atomic mass is 10.1. The number of piperidine rings is 1. The molecule has 0 saturated carbocycles. The molecular formula is C18H23N5O. The van der Waals surface area contributed by atoms with Crippen molar-refractivity contribution in [2.75, 3.05) is 23.3 Å². The van der Waals surface area contributed by atoms with Crippen LogP contribution in [-0.4, -0.2) is 35.1 Å². The number of benzene rings is 1. The minimum absolute atomic E-state index is 0.0918. The number of rotatable bonds is 3. The maximum Gasteiger partial charge on any atom is 0.319 e. The van der Waals surface area contributed by atoms with Crippen molar-refractivity contribution >= 4 is 17.7 Å². The van der Waals surface area contributed by atoms with Crippen LogP contribution < -0.4 is 15.5 Å². The van der Waals surface area contributed by atoms with Gasteiger partial charge in [-0.2, -0.15) is 0 Å². The van der Waals surface area contributed by atoms with Crippen molar-refractivity contribution in [2.45, 2.75) is 32.7 Å². The molecule has 1 aromatic heterocycles. The van der Waals surface area contributed by atoms with E-state index in [4.69, 9.17) is 0 Å². The first-order valence-electron chi connectivity index (χ1n) is 8.28. The molecule has 24 heavy (non-hydrogen) atoms. The summed E-state index contributed by atoms with van der Waals surface area (Å²) in [6, 6.07) is 7.65. The van der Waals surface area contributed by atoms with Crippen LogP contribution in [0.4, 0.5) is 16.4 Å². The molecule has 6 heteroatoms. The van der Waals surface area contributed by atoms with Gasteiger partial charge in [-0.1, -0.05) is 6.07 Å². The highest BCUT2D eigenvalue weighted by Crippen LogP contribution is 2.16. The maximum absolute atomic E-state index is 12.2. The monoisotopic (exact) mass is 325 g/mol. The number of hydrogen-bond acceptors (Lipinski definition) is 4. The molecular weight excluding hydrogens is 302 g/mol. The van der Waals surface area contributed by atoms with Gasteiger partial charge >= 0.3 is 6.03 Å². The van der Waals surface area contributed by atoms with E-state index in [0.29, 0.717) is 0 Å². The number of nitrogens with one attached hydrogen (secondary N) is 2. The zero-order chi connectivity index (χ0) is 16.9. The number of nitrogens with zero attached hydrogens (tertiary/aromatic N) is 3. The standard InChI is InChI=1S/C18H23N5O/c1-13-6-7-15(11-14(13)2)21-18(24)22-16-5-3-10-23(12-16)17-19-8-4-9-20-17/h4,6-9,11,16H,3,5,10,12H2,1-2H3,(H2,21,22,24). The predicted molar refractivity (Wildman–Crippen MR) is 95.3 cm³/mol. The van der Waals surface area contributed by atoms with Gasteiger partial charge in [-0.15, -0.1) is 0 Å². The van der Waals surface area contributed by atoms with Gasteiger partial charge in [0.15, 0.2) is 0 Å². The second kappa shape index (κ2) is 7.29. The molecule has 1 aliphatic heterocycles. The first-order valence-corrected chi connectivity index (χ1v) is 8.28. The summed E-state index contributed by atoms with van der Waals surface area (Å²) >= 11 is 0. The Bertz CT molecular complexity index is 704. The van der Waals surface area contributed by atoms with Gasteiger partial charge in [0, 0.05) is 37.2 Å². The number of amides is 2. The molecule has 1 saturated heterocycles. The molecule has 1 unspecified atom stereocenters. The minimum Gasteiger partial charge on any atom is -0.339 e. The quantitative estimate of drug-likeness (QED) is 0.910. The van der Waals surface area contributed by atoms with Crippen LogP contribution in [0.3, 0.4) is 0 Å². The SMILES string of the molecule is Cc1ccc(NC(=O)NC2CCCN(c3ncccn3)C2)cc1C. The number of carbonyl (C=O) groups is 1. The largest absolute Gasteiger partial charge is 0.339 e. The van der Waals surface area contributed by atoms with Crippen LogP contribution in [0.2, 0.25) is 0 Å². The average Bonchev–Trinajstić information content (AvgIpc) is 2.59. The second-order valence-electron chi connectivity index (χ2n) is 6.23. The summed E-state index contributed by atoms with van der Waals surface area (Å²) in [5, 5.41) is 5.97. The van der Waals surface area contributed by atoms with Crippen molar-refractivity contribution in [2.24, 2.45) is 0 Å². The highest BCUT2D eigenvalue weighted by Gasteiger charge is 2.22. The molecule has 1 aliphatic rings. The van der Waals surface area contributed by atoms with Crippen molar-refractivity contribution in [3.63, 3.8) is 0 Å². The van der Waals surface area contributed by atoms with Gasteiger partial charge in [-0.05, 0) is 56.0 Å². The summed E-state index contributed by atoms with van der Waals surface area (Å²) in [6.07, 6.45) is 5.45. The van der Waals surface area contributed by atoms with E-state index in [1.54, 1.807) is 18.5 Å². The highest BCUT2D eigenvalue weighted by atomic mass is 16.2. The topological polar surface area (TPSA) is 70.2 Å². The van der Waals surface area contributed by atoms with Crippen LogP contribution in [0.15, 0.2) is 36.7 Å². The molecule has 2 N–H and O–H groups in total. The third-order valence-corrected chi connectivity index (χ3v) is 4.36. The molecule has 0 bridgehead atoms. The van der Waals surface area contributed by atoms with E-state index >= 15 is 0 Å². The van der Waals surface area contributed by atoms with Gasteiger partial charge in [0.2, 0.25) is 5.95 Å². The average molecular weight is 325 g/mol. The van der Waals surface area contributed by atoms with Gasteiger partial charge in [-0.3, -0.25) is 0 Å². The molecule has 2 aromatic rings. The molecule has 126 valence electrons. The molecule has 1 fully saturated rings. The number of anilines is 2. The van der Waals surface area contributed by atoms with Crippen molar-refractivity contribution < 1.29 is 4.79 Å². The Morgan fingerprint density at radius 1 is 1.21 bits per heavy atom. The number of aryl methyl sites for hydroxylation is 2. The van der Waals surface area contributed by atoms with Gasteiger partial charge < -0.3 is 15.5 Å². The Kier molecular flexibility index (Phi) is 4.93. The first kappa shape index (κ1) is 16.2. The molecule has 0 aliphatic carbocycles. The van der Waals surface area contributed by atoms with Crippen molar-refractivity contribution in [3.8, 4) is 0 Å². The lowest BCUT2D eigenvalue weighted by molar-refractivity contribution is 0.246. The third kappa shape index (κ3) is 4.01. The fourth-order valence-electron chi connectivity index (χ4n) is 2.90. The van der Waals surface area contributed by atoms with Gasteiger partial charge in [0.1, 0.15) is 0 Å². The minimum atomic E-state index is -0.168. The summed E-state index contributed by atoms with van der Waals surface area (Å²) in [7, 11) is 0. The number of aromatic nitrogens is 2. The Labute approximate surface area is 142 Å². The summed E-state index contributed by atoms with van der Waals surface area (Å²) < 4.78 is 0. The van der Waals surface area contributed by atoms with Crippen molar-refractivity contribution in [1.29, 1.82) is 0 Å². The van der Waals surface area contributed by atoms with Gasteiger partial charge in [-0.25, -0.2) is 14.8 Å². The van der Waals surface area contributed by atoms with Crippen LogP contribution >= 0.6 is 0 Å². The Balaban J connectivity index is 1.57. The molecule has 6 nitrogen and oxygen atoms in total. The predicted octanol–water partition coefficient (Wildman–Crippen LogP) is 2.88. The summed E-state index contributed by atoms with van der Waals surface area (Å²) in [5.74, 6) is 0.721. The number of carbonyl (C=O) groups excluding carboxylic acids is 1. The summed E-state index contributed by atoms with van der Waals surface area (Å²) in [5.41, 5.74) is 3.19. The molecule has 1 aromatic carbocycles. The van der Waals surface area contributed by atoms with Crippen LogP contribution in [0.25, 0.3) is 0 Å². The smallest absolute Gasteiger partial charge is 0.319 e. The van der Waals surface area contributed by atoms with Crippen LogP contribution in [0, 0.1) is 13.8 Å². The second-order valence-corrected chi connectivity index (χ2v) is 6.23. The maximum atomic E-state index is 12.2. The van der Waals surface area contributed by atoms with E-state index in [-0.39, 0.29) is 12.1 Å². The Morgan fingerprint density at radius 3 is 2.75 bits per heavy atom. The molecule has 2 amide bonds. The molecule has 0 spiro atoms. The third-order valence-electron chi connectivity index (χ3n) is 4.36. The highest BCUT2D eigenvalue weighted by molar-refractivity contribution is 5.89. The molecule has 3 rings (SSSR count). The summed E-state index contributed by atoms with van der Waals surface area (Å²) in [4.78, 5) is 22.9. The van der Waals surface area contributed by atoms with E-state index < -0.39 is 0 Å². The summed E-state index contributed by atoms with van der Waals surface area (Å²) in [6.45, 7) is 5.74. The Morgan fingerprint density at radius 2 is 2.00 bits per heavy atom. The van der Waals surface area contributed by atoms with Crippen molar-refractivity contribution in [1.82, 2.24) is 15.3 Å². The van der Waals surface area contributed by atoms with Crippen molar-refractivity contribution in [3.05, 3.63) is 47.8 Å². The van der Waals surface area contributed by atoms with E-state index in [1.165, 1.54) is 5.56 Å². The lowest BCUT2D eigenvalue weighted by Crippen LogP contribution is -2.49. The first-order chi connectivity index (χ1) is 11.6. The van der Waals surface area contributed by atoms with E-state index in [0.717, 1.165) is 43.1 Å². The number of hydrogen-bond donors (Lipinski definition) is 2. The molecule has 0 radical (unpaired) electrons. The van der Waals surface area contributed by atoms with Crippen LogP contribution in [-0.2, 0) is 0 Å². The molecule has 2 heterocycles.